The Balaban J connectivity index is 2.05. The fraction of sp³-hybridized carbons (Fsp3) is 0.391. The van der Waals surface area contributed by atoms with Gasteiger partial charge >= 0.3 is 0 Å². The minimum absolute atomic E-state index is 0.0455. The SMILES string of the molecule is CN(C)c1ccc(NC(=O)C(C)(C)C(=O)Nc2ccc(C(C)(C)C)cc2)cc1. The molecule has 0 aliphatic heterocycles. The summed E-state index contributed by atoms with van der Waals surface area (Å²) in [5.41, 5.74) is 2.38. The maximum atomic E-state index is 12.7. The average molecular weight is 382 g/mol. The van der Waals surface area contributed by atoms with Gasteiger partial charge in [0.25, 0.3) is 0 Å². The Morgan fingerprint density at radius 1 is 0.714 bits per heavy atom. The van der Waals surface area contributed by atoms with Crippen LogP contribution in [0.3, 0.4) is 0 Å². The highest BCUT2D eigenvalue weighted by molar-refractivity contribution is 6.14. The van der Waals surface area contributed by atoms with Crippen molar-refractivity contribution in [2.24, 2.45) is 5.41 Å². The molecule has 0 heterocycles. The molecule has 0 aliphatic rings. The van der Waals surface area contributed by atoms with Crippen LogP contribution in [-0.2, 0) is 15.0 Å². The van der Waals surface area contributed by atoms with Gasteiger partial charge in [0.05, 0.1) is 0 Å². The van der Waals surface area contributed by atoms with Crippen molar-refractivity contribution in [3.05, 3.63) is 54.1 Å². The van der Waals surface area contributed by atoms with Crippen LogP contribution in [0.2, 0.25) is 0 Å². The number of benzene rings is 2. The third-order valence-electron chi connectivity index (χ3n) is 4.79. The van der Waals surface area contributed by atoms with Crippen LogP contribution in [0.5, 0.6) is 0 Å². The van der Waals surface area contributed by atoms with E-state index in [-0.39, 0.29) is 17.2 Å². The molecule has 2 rings (SSSR count). The predicted octanol–water partition coefficient (Wildman–Crippen LogP) is 4.65. The Bertz CT molecular complexity index is 830. The number of nitrogens with zero attached hydrogens (tertiary/aromatic N) is 1. The summed E-state index contributed by atoms with van der Waals surface area (Å²) in [5, 5.41) is 5.67. The standard InChI is InChI=1S/C23H31N3O2/c1-22(2,3)16-8-10-17(11-9-16)24-20(27)23(4,5)21(28)25-18-12-14-19(15-13-18)26(6)7/h8-15H,1-7H3,(H,24,27)(H,25,28). The molecule has 0 bridgehead atoms. The van der Waals surface area contributed by atoms with E-state index in [1.807, 2.05) is 67.5 Å². The quantitative estimate of drug-likeness (QED) is 0.741. The summed E-state index contributed by atoms with van der Waals surface area (Å²) in [4.78, 5) is 27.4. The molecule has 150 valence electrons. The van der Waals surface area contributed by atoms with Gasteiger partial charge in [0, 0.05) is 31.2 Å². The minimum atomic E-state index is -1.22. The second kappa shape index (κ2) is 8.05. The molecule has 2 N–H and O–H groups in total. The van der Waals surface area contributed by atoms with Crippen LogP contribution >= 0.6 is 0 Å². The van der Waals surface area contributed by atoms with Crippen LogP contribution in [0.4, 0.5) is 17.1 Å². The van der Waals surface area contributed by atoms with Gasteiger partial charge in [0.1, 0.15) is 5.41 Å². The van der Waals surface area contributed by atoms with Gasteiger partial charge in [0.2, 0.25) is 11.8 Å². The van der Waals surface area contributed by atoms with Gasteiger partial charge in [-0.05, 0) is 61.2 Å². The molecule has 2 amide bonds. The lowest BCUT2D eigenvalue weighted by Gasteiger charge is -2.23. The van der Waals surface area contributed by atoms with Crippen molar-refractivity contribution in [2.45, 2.75) is 40.0 Å². The Morgan fingerprint density at radius 2 is 1.11 bits per heavy atom. The van der Waals surface area contributed by atoms with E-state index in [1.54, 1.807) is 13.8 Å². The zero-order valence-electron chi connectivity index (χ0n) is 17.9. The normalized spacial score (nSPS) is 11.7. The van der Waals surface area contributed by atoms with E-state index in [0.717, 1.165) is 5.69 Å². The van der Waals surface area contributed by atoms with E-state index in [2.05, 4.69) is 31.4 Å². The van der Waals surface area contributed by atoms with Crippen molar-refractivity contribution in [3.63, 3.8) is 0 Å². The third-order valence-corrected chi connectivity index (χ3v) is 4.79. The van der Waals surface area contributed by atoms with Crippen LogP contribution in [0.1, 0.15) is 40.2 Å². The first kappa shape index (κ1) is 21.5. The van der Waals surface area contributed by atoms with Crippen molar-refractivity contribution < 1.29 is 9.59 Å². The lowest BCUT2D eigenvalue weighted by Crippen LogP contribution is -2.41. The molecule has 0 spiro atoms. The molecule has 5 heteroatoms. The molecule has 0 aromatic heterocycles. The zero-order chi connectivity index (χ0) is 21.1. The first-order valence-corrected chi connectivity index (χ1v) is 9.42. The number of amides is 2. The molecule has 28 heavy (non-hydrogen) atoms. The van der Waals surface area contributed by atoms with Crippen LogP contribution < -0.4 is 15.5 Å². The van der Waals surface area contributed by atoms with E-state index in [0.29, 0.717) is 11.4 Å². The number of hydrogen-bond acceptors (Lipinski definition) is 3. The fourth-order valence-corrected chi connectivity index (χ4v) is 2.57. The summed E-state index contributed by atoms with van der Waals surface area (Å²) in [7, 11) is 3.91. The molecule has 0 radical (unpaired) electrons. The minimum Gasteiger partial charge on any atom is -0.378 e. The highest BCUT2D eigenvalue weighted by atomic mass is 16.2. The average Bonchev–Trinajstić information content (AvgIpc) is 2.61. The maximum absolute atomic E-state index is 12.7. The van der Waals surface area contributed by atoms with Crippen molar-refractivity contribution in [2.75, 3.05) is 29.6 Å². The number of carbonyl (C=O) groups excluding carboxylic acids is 2. The van der Waals surface area contributed by atoms with Gasteiger partial charge in [-0.25, -0.2) is 0 Å². The Morgan fingerprint density at radius 3 is 1.46 bits per heavy atom. The third kappa shape index (κ3) is 5.12. The van der Waals surface area contributed by atoms with Gasteiger partial charge in [-0.2, -0.15) is 0 Å². The molecule has 0 saturated carbocycles. The largest absolute Gasteiger partial charge is 0.378 e. The first-order chi connectivity index (χ1) is 12.9. The highest BCUT2D eigenvalue weighted by Gasteiger charge is 2.36. The molecule has 0 aliphatic carbocycles. The van der Waals surface area contributed by atoms with Crippen molar-refractivity contribution in [3.8, 4) is 0 Å². The zero-order valence-corrected chi connectivity index (χ0v) is 17.9. The topological polar surface area (TPSA) is 61.4 Å². The molecular formula is C23H31N3O2. The van der Waals surface area contributed by atoms with Crippen molar-refractivity contribution >= 4 is 28.9 Å². The maximum Gasteiger partial charge on any atom is 0.239 e. The van der Waals surface area contributed by atoms with Crippen LogP contribution in [0, 0.1) is 5.41 Å². The molecule has 0 unspecified atom stereocenters. The summed E-state index contributed by atoms with van der Waals surface area (Å²) < 4.78 is 0. The summed E-state index contributed by atoms with van der Waals surface area (Å²) in [6, 6.07) is 15.2. The molecule has 2 aromatic rings. The smallest absolute Gasteiger partial charge is 0.239 e. The summed E-state index contributed by atoms with van der Waals surface area (Å²) in [6.45, 7) is 9.65. The van der Waals surface area contributed by atoms with Crippen molar-refractivity contribution in [1.82, 2.24) is 0 Å². The van der Waals surface area contributed by atoms with Gasteiger partial charge in [-0.3, -0.25) is 9.59 Å². The Labute approximate surface area is 168 Å². The van der Waals surface area contributed by atoms with Crippen LogP contribution in [0.15, 0.2) is 48.5 Å². The second-order valence-electron chi connectivity index (χ2n) is 8.80. The molecule has 0 saturated heterocycles. The lowest BCUT2D eigenvalue weighted by atomic mass is 9.87. The van der Waals surface area contributed by atoms with Crippen molar-refractivity contribution in [1.29, 1.82) is 0 Å². The predicted molar refractivity (Wildman–Crippen MR) is 117 cm³/mol. The van der Waals surface area contributed by atoms with Crippen LogP contribution in [-0.4, -0.2) is 25.9 Å². The van der Waals surface area contributed by atoms with Gasteiger partial charge in [-0.15, -0.1) is 0 Å². The number of rotatable bonds is 5. The molecule has 2 aromatic carbocycles. The van der Waals surface area contributed by atoms with Gasteiger partial charge in [0.15, 0.2) is 0 Å². The first-order valence-electron chi connectivity index (χ1n) is 9.42. The lowest BCUT2D eigenvalue weighted by molar-refractivity contribution is -0.135. The van der Waals surface area contributed by atoms with Crippen LogP contribution in [0.25, 0.3) is 0 Å². The number of carbonyl (C=O) groups is 2. The van der Waals surface area contributed by atoms with Gasteiger partial charge in [-0.1, -0.05) is 32.9 Å². The van der Waals surface area contributed by atoms with E-state index < -0.39 is 5.41 Å². The van der Waals surface area contributed by atoms with E-state index >= 15 is 0 Å². The molecule has 5 nitrogen and oxygen atoms in total. The second-order valence-corrected chi connectivity index (χ2v) is 8.80. The van der Waals surface area contributed by atoms with E-state index in [1.165, 1.54) is 5.56 Å². The number of anilines is 3. The van der Waals surface area contributed by atoms with E-state index in [9.17, 15) is 9.59 Å². The monoisotopic (exact) mass is 381 g/mol. The summed E-state index contributed by atoms with van der Waals surface area (Å²) in [6.07, 6.45) is 0. The van der Waals surface area contributed by atoms with Gasteiger partial charge < -0.3 is 15.5 Å². The number of nitrogens with one attached hydrogen (secondary N) is 2. The molecular weight excluding hydrogens is 350 g/mol. The summed E-state index contributed by atoms with van der Waals surface area (Å²) in [5.74, 6) is -0.702. The fourth-order valence-electron chi connectivity index (χ4n) is 2.57. The Kier molecular flexibility index (Phi) is 6.17. The van der Waals surface area contributed by atoms with E-state index in [4.69, 9.17) is 0 Å². The summed E-state index contributed by atoms with van der Waals surface area (Å²) >= 11 is 0. The molecule has 0 atom stereocenters. The molecule has 0 fully saturated rings. The number of hydrogen-bond donors (Lipinski definition) is 2. The Hall–Kier alpha value is -2.82. The highest BCUT2D eigenvalue weighted by Crippen LogP contribution is 2.26.